The van der Waals surface area contributed by atoms with Gasteiger partial charge in [0.1, 0.15) is 0 Å². The molecule has 1 N–H and O–H groups in total. The molecular formula is C12H13F2IN2O. The first-order valence-electron chi connectivity index (χ1n) is 5.66. The Labute approximate surface area is 118 Å². The number of rotatable bonds is 1. The molecule has 1 heterocycles. The predicted octanol–water partition coefficient (Wildman–Crippen LogP) is 3.55. The first-order chi connectivity index (χ1) is 8.48. The second-order valence-corrected chi connectivity index (χ2v) is 5.42. The SMILES string of the molecule is O=C(Nc1ccccc1I)N1CCC(F)(F)CC1. The summed E-state index contributed by atoms with van der Waals surface area (Å²) in [5.74, 6) is -2.63. The maximum atomic E-state index is 13.0. The number of urea groups is 1. The van der Waals surface area contributed by atoms with Gasteiger partial charge in [0.25, 0.3) is 5.92 Å². The van der Waals surface area contributed by atoms with E-state index in [9.17, 15) is 13.6 Å². The number of halogens is 3. The highest BCUT2D eigenvalue weighted by atomic mass is 127. The van der Waals surface area contributed by atoms with Gasteiger partial charge in [0.05, 0.1) is 5.69 Å². The van der Waals surface area contributed by atoms with Gasteiger partial charge >= 0.3 is 6.03 Å². The topological polar surface area (TPSA) is 32.3 Å². The lowest BCUT2D eigenvalue weighted by molar-refractivity contribution is -0.0461. The Morgan fingerprint density at radius 2 is 1.89 bits per heavy atom. The predicted molar refractivity (Wildman–Crippen MR) is 73.9 cm³/mol. The maximum absolute atomic E-state index is 13.0. The van der Waals surface area contributed by atoms with Gasteiger partial charge in [-0.15, -0.1) is 0 Å². The average Bonchev–Trinajstić information content (AvgIpc) is 2.32. The number of para-hydroxylation sites is 1. The summed E-state index contributed by atoms with van der Waals surface area (Å²) in [6.45, 7) is 0.199. The number of nitrogens with one attached hydrogen (secondary N) is 1. The second kappa shape index (κ2) is 5.38. The molecule has 0 aliphatic carbocycles. The Balaban J connectivity index is 1.95. The molecule has 0 radical (unpaired) electrons. The number of carbonyl (C=O) groups is 1. The Bertz CT molecular complexity index is 443. The van der Waals surface area contributed by atoms with E-state index in [4.69, 9.17) is 0 Å². The summed E-state index contributed by atoms with van der Waals surface area (Å²) in [5.41, 5.74) is 0.709. The number of nitrogens with zero attached hydrogens (tertiary/aromatic N) is 1. The lowest BCUT2D eigenvalue weighted by Gasteiger charge is -2.31. The highest BCUT2D eigenvalue weighted by Crippen LogP contribution is 2.28. The highest BCUT2D eigenvalue weighted by Gasteiger charge is 2.35. The Kier molecular flexibility index (Phi) is 4.04. The summed E-state index contributed by atoms with van der Waals surface area (Å²) < 4.78 is 26.9. The fourth-order valence-corrected chi connectivity index (χ4v) is 2.32. The van der Waals surface area contributed by atoms with Crippen molar-refractivity contribution >= 4 is 34.3 Å². The van der Waals surface area contributed by atoms with Crippen LogP contribution >= 0.6 is 22.6 Å². The third-order valence-corrected chi connectivity index (χ3v) is 3.84. The van der Waals surface area contributed by atoms with Crippen molar-refractivity contribution in [2.24, 2.45) is 0 Å². The van der Waals surface area contributed by atoms with Crippen molar-refractivity contribution in [1.29, 1.82) is 0 Å². The molecule has 6 heteroatoms. The van der Waals surface area contributed by atoms with E-state index in [-0.39, 0.29) is 32.0 Å². The van der Waals surface area contributed by atoms with Gasteiger partial charge in [-0.2, -0.15) is 0 Å². The molecule has 1 saturated heterocycles. The fourth-order valence-electron chi connectivity index (χ4n) is 1.79. The molecule has 1 fully saturated rings. The number of anilines is 1. The minimum atomic E-state index is -2.63. The maximum Gasteiger partial charge on any atom is 0.321 e. The third-order valence-electron chi connectivity index (χ3n) is 2.90. The summed E-state index contributed by atoms with van der Waals surface area (Å²) in [6.07, 6.45) is -0.515. The molecule has 2 rings (SSSR count). The standard InChI is InChI=1S/C12H13F2IN2O/c13-12(14)5-7-17(8-6-12)11(18)16-10-4-2-1-3-9(10)15/h1-4H,5-8H2,(H,16,18). The molecule has 0 aromatic heterocycles. The van der Waals surface area contributed by atoms with Crippen LogP contribution in [0.4, 0.5) is 19.3 Å². The number of amides is 2. The van der Waals surface area contributed by atoms with E-state index in [1.165, 1.54) is 4.90 Å². The van der Waals surface area contributed by atoms with Gasteiger partial charge in [-0.1, -0.05) is 12.1 Å². The van der Waals surface area contributed by atoms with Crippen LogP contribution in [0, 0.1) is 3.57 Å². The quantitative estimate of drug-likeness (QED) is 0.758. The van der Waals surface area contributed by atoms with Crippen molar-refractivity contribution in [2.45, 2.75) is 18.8 Å². The summed E-state index contributed by atoms with van der Waals surface area (Å²) in [5, 5.41) is 2.74. The second-order valence-electron chi connectivity index (χ2n) is 4.25. The molecule has 18 heavy (non-hydrogen) atoms. The van der Waals surface area contributed by atoms with E-state index in [1.807, 2.05) is 18.2 Å². The lowest BCUT2D eigenvalue weighted by Crippen LogP contribution is -2.44. The molecule has 1 aliphatic heterocycles. The zero-order valence-electron chi connectivity index (χ0n) is 9.63. The molecule has 1 aromatic rings. The zero-order chi connectivity index (χ0) is 13.2. The van der Waals surface area contributed by atoms with Crippen LogP contribution in [0.1, 0.15) is 12.8 Å². The number of hydrogen-bond acceptors (Lipinski definition) is 1. The van der Waals surface area contributed by atoms with Crippen LogP contribution in [0.5, 0.6) is 0 Å². The van der Waals surface area contributed by atoms with Crippen LogP contribution < -0.4 is 5.32 Å². The Hall–Kier alpha value is -0.920. The van der Waals surface area contributed by atoms with Crippen molar-refractivity contribution in [2.75, 3.05) is 18.4 Å². The molecule has 0 bridgehead atoms. The van der Waals surface area contributed by atoms with Crippen molar-refractivity contribution in [3.8, 4) is 0 Å². The first-order valence-corrected chi connectivity index (χ1v) is 6.74. The van der Waals surface area contributed by atoms with Crippen LogP contribution in [0.25, 0.3) is 0 Å². The van der Waals surface area contributed by atoms with E-state index in [0.29, 0.717) is 5.69 Å². The van der Waals surface area contributed by atoms with E-state index in [2.05, 4.69) is 27.9 Å². The average molecular weight is 366 g/mol. The van der Waals surface area contributed by atoms with Crippen LogP contribution in [-0.2, 0) is 0 Å². The smallest absolute Gasteiger partial charge is 0.321 e. The van der Waals surface area contributed by atoms with Crippen molar-refractivity contribution in [1.82, 2.24) is 4.90 Å². The molecule has 98 valence electrons. The number of hydrogen-bond donors (Lipinski definition) is 1. The summed E-state index contributed by atoms with van der Waals surface area (Å²) >= 11 is 2.12. The Morgan fingerprint density at radius 1 is 1.28 bits per heavy atom. The lowest BCUT2D eigenvalue weighted by atomic mass is 10.1. The normalized spacial score (nSPS) is 18.5. The van der Waals surface area contributed by atoms with E-state index >= 15 is 0 Å². The van der Waals surface area contributed by atoms with Crippen LogP contribution in [0.3, 0.4) is 0 Å². The third kappa shape index (κ3) is 3.30. The molecular weight excluding hydrogens is 353 g/mol. The van der Waals surface area contributed by atoms with Crippen LogP contribution in [0.2, 0.25) is 0 Å². The van der Waals surface area contributed by atoms with Crippen LogP contribution in [0.15, 0.2) is 24.3 Å². The summed E-state index contributed by atoms with van der Waals surface area (Å²) in [6, 6.07) is 7.05. The first kappa shape index (κ1) is 13.5. The number of benzene rings is 1. The molecule has 0 atom stereocenters. The molecule has 0 saturated carbocycles. The fraction of sp³-hybridized carbons (Fsp3) is 0.417. The van der Waals surface area contributed by atoms with Gasteiger partial charge in [-0.05, 0) is 34.7 Å². The van der Waals surface area contributed by atoms with Crippen molar-refractivity contribution in [3.63, 3.8) is 0 Å². The largest absolute Gasteiger partial charge is 0.324 e. The summed E-state index contributed by atoms with van der Waals surface area (Å²) in [4.78, 5) is 13.3. The number of carbonyl (C=O) groups excluding carboxylic acids is 1. The molecule has 0 spiro atoms. The van der Waals surface area contributed by atoms with Gasteiger partial charge in [-0.3, -0.25) is 0 Å². The molecule has 1 aromatic carbocycles. The Morgan fingerprint density at radius 3 is 2.50 bits per heavy atom. The zero-order valence-corrected chi connectivity index (χ0v) is 11.8. The molecule has 0 unspecified atom stereocenters. The summed E-state index contributed by atoms with van der Waals surface area (Å²) in [7, 11) is 0. The van der Waals surface area contributed by atoms with Gasteiger partial charge in [0.2, 0.25) is 0 Å². The van der Waals surface area contributed by atoms with Crippen molar-refractivity contribution in [3.05, 3.63) is 27.8 Å². The van der Waals surface area contributed by atoms with E-state index < -0.39 is 5.92 Å². The van der Waals surface area contributed by atoms with Crippen molar-refractivity contribution < 1.29 is 13.6 Å². The van der Waals surface area contributed by atoms with Gasteiger partial charge in [0, 0.05) is 29.5 Å². The minimum Gasteiger partial charge on any atom is -0.324 e. The number of piperidine rings is 1. The molecule has 3 nitrogen and oxygen atoms in total. The minimum absolute atomic E-state index is 0.0995. The highest BCUT2D eigenvalue weighted by molar-refractivity contribution is 14.1. The van der Waals surface area contributed by atoms with Gasteiger partial charge in [0.15, 0.2) is 0 Å². The number of alkyl halides is 2. The van der Waals surface area contributed by atoms with E-state index in [0.717, 1.165) is 3.57 Å². The number of likely N-dealkylation sites (tertiary alicyclic amines) is 1. The molecule has 2 amide bonds. The monoisotopic (exact) mass is 366 g/mol. The van der Waals surface area contributed by atoms with Crippen LogP contribution in [-0.4, -0.2) is 29.9 Å². The van der Waals surface area contributed by atoms with Gasteiger partial charge in [-0.25, -0.2) is 13.6 Å². The van der Waals surface area contributed by atoms with Gasteiger partial charge < -0.3 is 10.2 Å². The van der Waals surface area contributed by atoms with E-state index in [1.54, 1.807) is 6.07 Å². The molecule has 1 aliphatic rings.